The van der Waals surface area contributed by atoms with Gasteiger partial charge in [0.05, 0.1) is 28.4 Å². The van der Waals surface area contributed by atoms with E-state index in [1.807, 2.05) is 0 Å². The van der Waals surface area contributed by atoms with Crippen LogP contribution in [-0.4, -0.2) is 28.3 Å². The third kappa shape index (κ3) is 2.51. The Bertz CT molecular complexity index is 814. The molecular formula is C15H11N3O4. The van der Waals surface area contributed by atoms with Gasteiger partial charge in [0, 0.05) is 23.4 Å². The number of fused-ring (bicyclic) bond motifs is 1. The lowest BCUT2D eigenvalue weighted by atomic mass is 10.1. The van der Waals surface area contributed by atoms with Gasteiger partial charge in [-0.05, 0) is 24.3 Å². The fraction of sp³-hybridized carbons (Fsp3) is 0.0667. The zero-order valence-electron chi connectivity index (χ0n) is 11.3. The Morgan fingerprint density at radius 2 is 2.09 bits per heavy atom. The lowest BCUT2D eigenvalue weighted by Crippen LogP contribution is -2.03. The van der Waals surface area contributed by atoms with Crippen molar-refractivity contribution >= 4 is 28.7 Å². The third-order valence-electron chi connectivity index (χ3n) is 3.33. The number of aliphatic imine (C=N–C) groups is 1. The first kappa shape index (κ1) is 13.7. The molecule has 0 saturated carbocycles. The predicted molar refractivity (Wildman–Crippen MR) is 81.2 cm³/mol. The number of nitro groups is 1. The molecule has 0 aliphatic carbocycles. The van der Waals surface area contributed by atoms with Crippen LogP contribution in [-0.2, 0) is 0 Å². The molecule has 0 saturated heterocycles. The van der Waals surface area contributed by atoms with Crippen molar-refractivity contribution in [2.45, 2.75) is 0 Å². The molecule has 1 heterocycles. The molecule has 0 radical (unpaired) electrons. The van der Waals surface area contributed by atoms with E-state index in [0.717, 1.165) is 5.69 Å². The average Bonchev–Trinajstić information content (AvgIpc) is 2.90. The number of nitro benzene ring substituents is 1. The standard InChI is InChI=1S/C15H11N3O4/c19-15(20)9-2-1-3-10(6-9)17-14-8-16-13-5-4-11(18(21)22)7-12(13)14/h1-7,16H,8H2,(H,19,20). The number of nitrogens with zero attached hydrogens (tertiary/aromatic N) is 2. The number of aromatic carboxylic acids is 1. The number of carboxylic acids is 1. The van der Waals surface area contributed by atoms with Crippen LogP contribution in [0.25, 0.3) is 0 Å². The lowest BCUT2D eigenvalue weighted by molar-refractivity contribution is -0.384. The number of rotatable bonds is 3. The molecule has 0 amide bonds. The molecule has 1 aliphatic rings. The van der Waals surface area contributed by atoms with Gasteiger partial charge in [0.15, 0.2) is 0 Å². The summed E-state index contributed by atoms with van der Waals surface area (Å²) < 4.78 is 0. The summed E-state index contributed by atoms with van der Waals surface area (Å²) in [6.45, 7) is 0.438. The van der Waals surface area contributed by atoms with Crippen molar-refractivity contribution in [1.82, 2.24) is 0 Å². The molecule has 3 rings (SSSR count). The molecule has 0 bridgehead atoms. The fourth-order valence-electron chi connectivity index (χ4n) is 2.28. The van der Waals surface area contributed by atoms with E-state index in [2.05, 4.69) is 10.3 Å². The second kappa shape index (κ2) is 5.28. The van der Waals surface area contributed by atoms with Crippen LogP contribution in [0.2, 0.25) is 0 Å². The summed E-state index contributed by atoms with van der Waals surface area (Å²) in [7, 11) is 0. The van der Waals surface area contributed by atoms with Gasteiger partial charge in [0.25, 0.3) is 5.69 Å². The van der Waals surface area contributed by atoms with Crippen LogP contribution < -0.4 is 5.32 Å². The summed E-state index contributed by atoms with van der Waals surface area (Å²) in [4.78, 5) is 25.8. The van der Waals surface area contributed by atoms with Crippen molar-refractivity contribution in [3.8, 4) is 0 Å². The molecule has 2 N–H and O–H groups in total. The summed E-state index contributed by atoms with van der Waals surface area (Å²) in [6.07, 6.45) is 0. The topological polar surface area (TPSA) is 105 Å². The Morgan fingerprint density at radius 3 is 2.82 bits per heavy atom. The predicted octanol–water partition coefficient (Wildman–Crippen LogP) is 2.84. The number of carbonyl (C=O) groups is 1. The molecular weight excluding hydrogens is 286 g/mol. The quantitative estimate of drug-likeness (QED) is 0.669. The maximum Gasteiger partial charge on any atom is 0.335 e. The number of anilines is 1. The minimum absolute atomic E-state index is 0.00515. The maximum atomic E-state index is 11.0. The summed E-state index contributed by atoms with van der Waals surface area (Å²) in [6, 6.07) is 10.8. The van der Waals surface area contributed by atoms with Crippen LogP contribution in [0.3, 0.4) is 0 Å². The van der Waals surface area contributed by atoms with E-state index in [-0.39, 0.29) is 11.3 Å². The van der Waals surface area contributed by atoms with Gasteiger partial charge in [-0.15, -0.1) is 0 Å². The fourth-order valence-corrected chi connectivity index (χ4v) is 2.28. The normalized spacial score (nSPS) is 14.5. The van der Waals surface area contributed by atoms with Crippen molar-refractivity contribution in [1.29, 1.82) is 0 Å². The molecule has 7 nitrogen and oxygen atoms in total. The second-order valence-electron chi connectivity index (χ2n) is 4.75. The number of benzene rings is 2. The van der Waals surface area contributed by atoms with E-state index < -0.39 is 10.9 Å². The number of hydrogen-bond acceptors (Lipinski definition) is 5. The number of hydrogen-bond donors (Lipinski definition) is 2. The number of non-ortho nitro benzene ring substituents is 1. The van der Waals surface area contributed by atoms with Gasteiger partial charge < -0.3 is 10.4 Å². The maximum absolute atomic E-state index is 11.0. The van der Waals surface area contributed by atoms with Gasteiger partial charge in [0.2, 0.25) is 0 Å². The molecule has 0 unspecified atom stereocenters. The van der Waals surface area contributed by atoms with Crippen molar-refractivity contribution in [3.63, 3.8) is 0 Å². The van der Waals surface area contributed by atoms with E-state index in [1.54, 1.807) is 18.2 Å². The highest BCUT2D eigenvalue weighted by Gasteiger charge is 2.20. The molecule has 0 spiro atoms. The minimum atomic E-state index is -1.03. The number of nitrogens with one attached hydrogen (secondary N) is 1. The van der Waals surface area contributed by atoms with Crippen LogP contribution in [0.15, 0.2) is 47.5 Å². The molecule has 1 aliphatic heterocycles. The third-order valence-corrected chi connectivity index (χ3v) is 3.33. The molecule has 0 fully saturated rings. The van der Waals surface area contributed by atoms with Gasteiger partial charge in [0.1, 0.15) is 0 Å². The molecule has 0 atom stereocenters. The van der Waals surface area contributed by atoms with Crippen molar-refractivity contribution in [2.75, 3.05) is 11.9 Å². The minimum Gasteiger partial charge on any atom is -0.478 e. The van der Waals surface area contributed by atoms with Gasteiger partial charge in [-0.3, -0.25) is 15.1 Å². The van der Waals surface area contributed by atoms with Crippen LogP contribution in [0.1, 0.15) is 15.9 Å². The van der Waals surface area contributed by atoms with Crippen LogP contribution in [0.4, 0.5) is 17.1 Å². The highest BCUT2D eigenvalue weighted by atomic mass is 16.6. The first-order valence-electron chi connectivity index (χ1n) is 6.48. The van der Waals surface area contributed by atoms with Crippen LogP contribution in [0.5, 0.6) is 0 Å². The van der Waals surface area contributed by atoms with Crippen molar-refractivity contribution in [2.24, 2.45) is 4.99 Å². The number of carboxylic acid groups (broad SMARTS) is 1. The summed E-state index contributed by atoms with van der Waals surface area (Å²) in [5.41, 5.74) is 2.72. The Morgan fingerprint density at radius 1 is 1.27 bits per heavy atom. The Hall–Kier alpha value is -3.22. The van der Waals surface area contributed by atoms with E-state index >= 15 is 0 Å². The van der Waals surface area contributed by atoms with Gasteiger partial charge in [-0.2, -0.15) is 0 Å². The van der Waals surface area contributed by atoms with Crippen LogP contribution >= 0.6 is 0 Å². The average molecular weight is 297 g/mol. The molecule has 110 valence electrons. The SMILES string of the molecule is O=C(O)c1cccc(N=C2CNc3ccc([N+](=O)[O-])cc32)c1. The molecule has 2 aromatic carbocycles. The second-order valence-corrected chi connectivity index (χ2v) is 4.75. The Kier molecular flexibility index (Phi) is 3.30. The van der Waals surface area contributed by atoms with E-state index in [9.17, 15) is 14.9 Å². The van der Waals surface area contributed by atoms with Crippen molar-refractivity contribution < 1.29 is 14.8 Å². The molecule has 0 aromatic heterocycles. The van der Waals surface area contributed by atoms with Crippen molar-refractivity contribution in [3.05, 3.63) is 63.7 Å². The summed E-state index contributed by atoms with van der Waals surface area (Å²) in [5, 5.41) is 23.0. The summed E-state index contributed by atoms with van der Waals surface area (Å²) in [5.74, 6) is -1.03. The summed E-state index contributed by atoms with van der Waals surface area (Å²) >= 11 is 0. The molecule has 2 aromatic rings. The molecule has 22 heavy (non-hydrogen) atoms. The zero-order chi connectivity index (χ0) is 15.7. The van der Waals surface area contributed by atoms with E-state index in [4.69, 9.17) is 5.11 Å². The van der Waals surface area contributed by atoms with E-state index in [1.165, 1.54) is 24.3 Å². The highest BCUT2D eigenvalue weighted by molar-refractivity contribution is 6.12. The van der Waals surface area contributed by atoms with Crippen LogP contribution in [0, 0.1) is 10.1 Å². The van der Waals surface area contributed by atoms with Gasteiger partial charge >= 0.3 is 5.97 Å². The zero-order valence-corrected chi connectivity index (χ0v) is 11.3. The van der Waals surface area contributed by atoms with E-state index in [0.29, 0.717) is 23.5 Å². The Labute approximate surface area is 125 Å². The lowest BCUT2D eigenvalue weighted by Gasteiger charge is -2.01. The Balaban J connectivity index is 2.02. The smallest absolute Gasteiger partial charge is 0.335 e. The van der Waals surface area contributed by atoms with Gasteiger partial charge in [-0.1, -0.05) is 6.07 Å². The highest BCUT2D eigenvalue weighted by Crippen LogP contribution is 2.28. The first-order chi connectivity index (χ1) is 10.5. The largest absolute Gasteiger partial charge is 0.478 e. The monoisotopic (exact) mass is 297 g/mol. The first-order valence-corrected chi connectivity index (χ1v) is 6.48. The van der Waals surface area contributed by atoms with Gasteiger partial charge in [-0.25, -0.2) is 4.79 Å². The molecule has 7 heteroatoms.